The van der Waals surface area contributed by atoms with E-state index >= 15 is 0 Å². The summed E-state index contributed by atoms with van der Waals surface area (Å²) in [6.07, 6.45) is 20.8. The molecule has 0 radical (unpaired) electrons. The summed E-state index contributed by atoms with van der Waals surface area (Å²) in [5, 5.41) is 20.1. The Hall–Kier alpha value is -2.31. The Morgan fingerprint density at radius 1 is 1.10 bits per heavy atom. The van der Waals surface area contributed by atoms with Gasteiger partial charge in [-0.3, -0.25) is 10.1 Å². The van der Waals surface area contributed by atoms with Crippen molar-refractivity contribution in [3.05, 3.63) is 46.5 Å². The Kier molecular flexibility index (Phi) is 13.3. The first kappa shape index (κ1) is 25.7. The summed E-state index contributed by atoms with van der Waals surface area (Å²) >= 11 is 0. The fraction of sp³-hybridized carbons (Fsp3) is 0.652. The van der Waals surface area contributed by atoms with Crippen LogP contribution in [0.2, 0.25) is 0 Å². The molecule has 1 aromatic heterocycles. The predicted molar refractivity (Wildman–Crippen MR) is 115 cm³/mol. The third kappa shape index (κ3) is 10.5. The molecule has 6 nitrogen and oxygen atoms in total. The number of rotatable bonds is 17. The molecular weight excluding hydrogens is 387 g/mol. The second-order valence-electron chi connectivity index (χ2n) is 7.76. The molecule has 0 fully saturated rings. The third-order valence-electron chi connectivity index (χ3n) is 5.24. The normalized spacial score (nSPS) is 12.3. The third-order valence-corrected chi connectivity index (χ3v) is 5.24. The monoisotopic (exact) mass is 423 g/mol. The highest BCUT2D eigenvalue weighted by Crippen LogP contribution is 2.17. The molecule has 30 heavy (non-hydrogen) atoms. The average Bonchev–Trinajstić information content (AvgIpc) is 2.70. The molecule has 0 saturated carbocycles. The minimum Gasteiger partial charge on any atom is -0.476 e. The lowest BCUT2D eigenvalue weighted by molar-refractivity contribution is -0.713. The molecule has 0 saturated heterocycles. The van der Waals surface area contributed by atoms with E-state index in [0.29, 0.717) is 12.8 Å². The number of carboxylic acid groups (broad SMARTS) is 1. The van der Waals surface area contributed by atoms with E-state index in [4.69, 9.17) is 0 Å². The summed E-state index contributed by atoms with van der Waals surface area (Å²) in [7, 11) is 0. The molecule has 0 amide bonds. The van der Waals surface area contributed by atoms with Crippen LogP contribution in [-0.4, -0.2) is 16.0 Å². The molecule has 0 aliphatic carbocycles. The van der Waals surface area contributed by atoms with Crippen LogP contribution in [0.1, 0.15) is 96.4 Å². The van der Waals surface area contributed by atoms with Crippen LogP contribution in [-0.2, 0) is 4.79 Å². The maximum atomic E-state index is 13.8. The Labute approximate surface area is 179 Å². The van der Waals surface area contributed by atoms with E-state index in [-0.39, 0.29) is 0 Å². The van der Waals surface area contributed by atoms with Gasteiger partial charge in [-0.25, -0.2) is 4.79 Å². The first-order valence-corrected chi connectivity index (χ1v) is 11.2. The second-order valence-corrected chi connectivity index (χ2v) is 7.76. The van der Waals surface area contributed by atoms with Gasteiger partial charge >= 0.3 is 11.7 Å². The zero-order valence-corrected chi connectivity index (χ0v) is 18.1. The summed E-state index contributed by atoms with van der Waals surface area (Å²) in [4.78, 5) is 21.4. The number of nitrogens with zero attached hydrogens (tertiary/aromatic N) is 2. The molecule has 7 heteroatoms. The van der Waals surface area contributed by atoms with Gasteiger partial charge in [0.2, 0.25) is 6.20 Å². The van der Waals surface area contributed by atoms with Gasteiger partial charge < -0.3 is 5.11 Å². The molecule has 0 aliphatic heterocycles. The van der Waals surface area contributed by atoms with Crippen LogP contribution in [0, 0.1) is 15.9 Å². The number of unbranched alkanes of at least 4 members (excludes halogenated alkanes) is 10. The molecule has 0 aliphatic rings. The number of hydrogen-bond acceptors (Lipinski definition) is 3. The number of hydrogen-bond donors (Lipinski definition) is 1. The van der Waals surface area contributed by atoms with Gasteiger partial charge in [-0.2, -0.15) is 8.96 Å². The van der Waals surface area contributed by atoms with Crippen molar-refractivity contribution in [2.24, 2.45) is 0 Å². The molecule has 1 rings (SSSR count). The summed E-state index contributed by atoms with van der Waals surface area (Å²) in [6, 6.07) is 0.0838. The van der Waals surface area contributed by atoms with Gasteiger partial charge in [0.1, 0.15) is 0 Å². The lowest BCUT2D eigenvalue weighted by atomic mass is 10.1. The predicted octanol–water partition coefficient (Wildman–Crippen LogP) is 6.29. The molecule has 1 unspecified atom stereocenters. The fourth-order valence-corrected chi connectivity index (χ4v) is 3.45. The summed E-state index contributed by atoms with van der Waals surface area (Å²) in [5.41, 5.74) is -0.653. The van der Waals surface area contributed by atoms with E-state index in [9.17, 15) is 24.4 Å². The van der Waals surface area contributed by atoms with Gasteiger partial charge in [-0.1, -0.05) is 64.0 Å². The molecule has 1 aromatic rings. The van der Waals surface area contributed by atoms with E-state index in [2.05, 4.69) is 19.1 Å². The van der Waals surface area contributed by atoms with Crippen molar-refractivity contribution < 1.29 is 23.8 Å². The van der Waals surface area contributed by atoms with Crippen LogP contribution in [0.4, 0.5) is 10.1 Å². The van der Waals surface area contributed by atoms with Crippen molar-refractivity contribution in [2.45, 2.75) is 96.4 Å². The van der Waals surface area contributed by atoms with Crippen molar-refractivity contribution in [3.63, 3.8) is 0 Å². The van der Waals surface area contributed by atoms with Gasteiger partial charge in [-0.15, -0.1) is 0 Å². The lowest BCUT2D eigenvalue weighted by Gasteiger charge is -2.08. The molecule has 0 aromatic carbocycles. The number of carboxylic acids is 1. The van der Waals surface area contributed by atoms with Crippen LogP contribution in [0.5, 0.6) is 0 Å². The largest absolute Gasteiger partial charge is 0.476 e. The molecular formula is C23H36FN2O4+. The Morgan fingerprint density at radius 2 is 1.67 bits per heavy atom. The quantitative estimate of drug-likeness (QED) is 0.105. The highest BCUT2D eigenvalue weighted by molar-refractivity contribution is 5.69. The summed E-state index contributed by atoms with van der Waals surface area (Å²) in [6.45, 7) is 2.23. The fourth-order valence-electron chi connectivity index (χ4n) is 3.45. The van der Waals surface area contributed by atoms with E-state index in [1.54, 1.807) is 0 Å². The number of carbonyl (C=O) groups is 1. The number of aliphatic carboxylic acids is 1. The molecule has 168 valence electrons. The van der Waals surface area contributed by atoms with E-state index < -0.39 is 28.4 Å². The molecule has 0 bridgehead atoms. The van der Waals surface area contributed by atoms with E-state index in [1.807, 2.05) is 0 Å². The first-order valence-electron chi connectivity index (χ1n) is 11.2. The van der Waals surface area contributed by atoms with Gasteiger partial charge in [0.05, 0.1) is 11.0 Å². The molecule has 1 heterocycles. The zero-order chi connectivity index (χ0) is 22.2. The topological polar surface area (TPSA) is 84.3 Å². The van der Waals surface area contributed by atoms with E-state index in [0.717, 1.165) is 44.4 Å². The Morgan fingerprint density at radius 3 is 2.20 bits per heavy atom. The highest BCUT2D eigenvalue weighted by Gasteiger charge is 2.29. The van der Waals surface area contributed by atoms with Crippen molar-refractivity contribution >= 4 is 11.7 Å². The first-order chi connectivity index (χ1) is 14.5. The number of aromatic nitrogens is 1. The Balaban J connectivity index is 2.21. The smallest absolute Gasteiger partial charge is 0.373 e. The number of halogens is 1. The maximum absolute atomic E-state index is 13.8. The lowest BCUT2D eigenvalue weighted by Crippen LogP contribution is -2.44. The van der Waals surface area contributed by atoms with Crippen LogP contribution in [0.3, 0.4) is 0 Å². The summed E-state index contributed by atoms with van der Waals surface area (Å²) < 4.78 is 15.0. The van der Waals surface area contributed by atoms with E-state index in [1.165, 1.54) is 49.3 Å². The number of pyridine rings is 1. The Bertz CT molecular complexity index is 679. The van der Waals surface area contributed by atoms with Gasteiger partial charge in [0, 0.05) is 6.42 Å². The van der Waals surface area contributed by atoms with Gasteiger partial charge in [-0.05, 0) is 32.1 Å². The SMILES string of the molecule is CCCCCCCC/C=C\CCCCCCC(C(=O)O)[n+]1ccc([N+](=O)[O-])c(F)c1. The minimum atomic E-state index is -1.06. The van der Waals surface area contributed by atoms with Crippen molar-refractivity contribution in [1.82, 2.24) is 0 Å². The van der Waals surface area contributed by atoms with Crippen LogP contribution in [0.15, 0.2) is 30.6 Å². The second kappa shape index (κ2) is 15.5. The van der Waals surface area contributed by atoms with Crippen LogP contribution >= 0.6 is 0 Å². The summed E-state index contributed by atoms with van der Waals surface area (Å²) in [5.74, 6) is -2.09. The number of nitro groups is 1. The average molecular weight is 424 g/mol. The standard InChI is InChI=1S/C23H35FN2O4/c1-2-3-4-5-6-7-8-9-10-11-12-13-14-15-16-22(23(27)28)25-18-17-21(26(29)30)20(24)19-25/h9-10,17-19,22H,2-8,11-16H2,1H3/p+1/b10-9-. The minimum absolute atomic E-state index is 0.366. The maximum Gasteiger partial charge on any atom is 0.373 e. The molecule has 1 atom stereocenters. The van der Waals surface area contributed by atoms with Crippen molar-refractivity contribution in [3.8, 4) is 0 Å². The molecule has 1 N–H and O–H groups in total. The van der Waals surface area contributed by atoms with Crippen molar-refractivity contribution in [2.75, 3.05) is 0 Å². The highest BCUT2D eigenvalue weighted by atomic mass is 19.1. The molecule has 0 spiro atoms. The van der Waals surface area contributed by atoms with Crippen LogP contribution < -0.4 is 4.57 Å². The van der Waals surface area contributed by atoms with Crippen molar-refractivity contribution in [1.29, 1.82) is 0 Å². The zero-order valence-electron chi connectivity index (χ0n) is 18.1. The van der Waals surface area contributed by atoms with Gasteiger partial charge in [0.25, 0.3) is 11.9 Å². The van der Waals surface area contributed by atoms with Crippen LogP contribution in [0.25, 0.3) is 0 Å². The van der Waals surface area contributed by atoms with Gasteiger partial charge in [0.15, 0.2) is 6.20 Å². The number of allylic oxidation sites excluding steroid dienone is 2.